The molecule has 2 amide bonds. The maximum absolute atomic E-state index is 12.4. The van der Waals surface area contributed by atoms with Crippen molar-refractivity contribution in [2.45, 2.75) is 32.2 Å². The van der Waals surface area contributed by atoms with E-state index in [0.29, 0.717) is 5.82 Å². The van der Waals surface area contributed by atoms with E-state index in [1.165, 1.54) is 6.92 Å². The Hall–Kier alpha value is -3.22. The lowest BCUT2D eigenvalue weighted by molar-refractivity contribution is -0.124. The first-order valence-electron chi connectivity index (χ1n) is 9.11. The number of carbonyl (C=O) groups excluding carboxylic acids is 2. The standard InChI is InChI=1S/C20H21N5O2/c1-13(26)23-15-6-8-16-14(12-15)5-7-17(24-16)19-21-10-11-25(19)18-4-2-3-9-22-20(18)27/h5-8,10-12,18H,2-4,9H2,1H3,(H,22,27)(H,23,26)/t18-/m0/s1. The lowest BCUT2D eigenvalue weighted by Crippen LogP contribution is -2.31. The van der Waals surface area contributed by atoms with Crippen molar-refractivity contribution >= 4 is 28.4 Å². The van der Waals surface area contributed by atoms with Crippen LogP contribution in [0.25, 0.3) is 22.4 Å². The third kappa shape index (κ3) is 3.53. The average molecular weight is 363 g/mol. The Morgan fingerprint density at radius 1 is 1.26 bits per heavy atom. The molecule has 1 aromatic carbocycles. The highest BCUT2D eigenvalue weighted by atomic mass is 16.2. The van der Waals surface area contributed by atoms with Gasteiger partial charge in [-0.2, -0.15) is 0 Å². The molecule has 1 fully saturated rings. The minimum atomic E-state index is -0.260. The third-order valence-corrected chi connectivity index (χ3v) is 4.75. The zero-order chi connectivity index (χ0) is 18.8. The molecule has 2 aromatic heterocycles. The molecule has 1 saturated heterocycles. The van der Waals surface area contributed by atoms with Gasteiger partial charge in [0.1, 0.15) is 11.7 Å². The number of nitrogens with one attached hydrogen (secondary N) is 2. The molecule has 0 aliphatic carbocycles. The van der Waals surface area contributed by atoms with Gasteiger partial charge < -0.3 is 15.2 Å². The Labute approximate surface area is 156 Å². The summed E-state index contributed by atoms with van der Waals surface area (Å²) in [5.41, 5.74) is 2.26. The average Bonchev–Trinajstić information content (AvgIpc) is 3.03. The highest BCUT2D eigenvalue weighted by molar-refractivity contribution is 5.92. The van der Waals surface area contributed by atoms with Crippen molar-refractivity contribution < 1.29 is 9.59 Å². The van der Waals surface area contributed by atoms with E-state index < -0.39 is 0 Å². The van der Waals surface area contributed by atoms with Crippen molar-refractivity contribution in [1.29, 1.82) is 0 Å². The van der Waals surface area contributed by atoms with Gasteiger partial charge in [0.25, 0.3) is 0 Å². The zero-order valence-electron chi connectivity index (χ0n) is 15.1. The van der Waals surface area contributed by atoms with Crippen LogP contribution in [0.4, 0.5) is 5.69 Å². The molecule has 1 aliphatic heterocycles. The van der Waals surface area contributed by atoms with E-state index in [0.717, 1.165) is 48.1 Å². The lowest BCUT2D eigenvalue weighted by Gasteiger charge is -2.17. The molecule has 138 valence electrons. The van der Waals surface area contributed by atoms with Gasteiger partial charge in [-0.15, -0.1) is 0 Å². The van der Waals surface area contributed by atoms with E-state index >= 15 is 0 Å². The minimum Gasteiger partial charge on any atom is -0.354 e. The Bertz CT molecular complexity index is 1010. The van der Waals surface area contributed by atoms with Crippen LogP contribution < -0.4 is 10.6 Å². The molecule has 0 radical (unpaired) electrons. The van der Waals surface area contributed by atoms with Gasteiger partial charge in [-0.05, 0) is 43.5 Å². The van der Waals surface area contributed by atoms with Crippen molar-refractivity contribution in [2.75, 3.05) is 11.9 Å². The fraction of sp³-hybridized carbons (Fsp3) is 0.300. The molecule has 1 aliphatic rings. The van der Waals surface area contributed by atoms with E-state index in [2.05, 4.69) is 15.6 Å². The van der Waals surface area contributed by atoms with Gasteiger partial charge in [0, 0.05) is 36.9 Å². The van der Waals surface area contributed by atoms with Gasteiger partial charge in [-0.25, -0.2) is 9.97 Å². The number of benzene rings is 1. The molecule has 3 aromatic rings. The number of hydrogen-bond acceptors (Lipinski definition) is 4. The van der Waals surface area contributed by atoms with Crippen LogP contribution in [0, 0.1) is 0 Å². The number of amides is 2. The second-order valence-corrected chi connectivity index (χ2v) is 6.75. The van der Waals surface area contributed by atoms with Crippen LogP contribution in [0.2, 0.25) is 0 Å². The second-order valence-electron chi connectivity index (χ2n) is 6.75. The van der Waals surface area contributed by atoms with Crippen LogP contribution in [0.3, 0.4) is 0 Å². The van der Waals surface area contributed by atoms with E-state index in [1.807, 2.05) is 41.1 Å². The Morgan fingerprint density at radius 2 is 2.15 bits per heavy atom. The summed E-state index contributed by atoms with van der Waals surface area (Å²) in [4.78, 5) is 32.8. The molecule has 1 atom stereocenters. The van der Waals surface area contributed by atoms with Crippen molar-refractivity contribution in [3.05, 3.63) is 42.7 Å². The van der Waals surface area contributed by atoms with Crippen LogP contribution in [0.1, 0.15) is 32.2 Å². The highest BCUT2D eigenvalue weighted by Gasteiger charge is 2.25. The molecule has 7 nitrogen and oxygen atoms in total. The molecule has 0 spiro atoms. The molecule has 27 heavy (non-hydrogen) atoms. The topological polar surface area (TPSA) is 88.9 Å². The number of carbonyl (C=O) groups is 2. The summed E-state index contributed by atoms with van der Waals surface area (Å²) in [7, 11) is 0. The SMILES string of the molecule is CC(=O)Nc1ccc2nc(-c3nccn3[C@H]3CCCCNC3=O)ccc2c1. The van der Waals surface area contributed by atoms with E-state index in [-0.39, 0.29) is 17.9 Å². The third-order valence-electron chi connectivity index (χ3n) is 4.75. The van der Waals surface area contributed by atoms with Crippen molar-refractivity contribution in [2.24, 2.45) is 0 Å². The predicted octanol–water partition coefficient (Wildman–Crippen LogP) is 2.90. The van der Waals surface area contributed by atoms with Crippen LogP contribution in [0.15, 0.2) is 42.7 Å². The van der Waals surface area contributed by atoms with Crippen LogP contribution in [-0.4, -0.2) is 32.9 Å². The molecular formula is C20H21N5O2. The molecule has 0 saturated carbocycles. The van der Waals surface area contributed by atoms with Crippen molar-refractivity contribution in [1.82, 2.24) is 19.9 Å². The van der Waals surface area contributed by atoms with Gasteiger partial charge in [0.15, 0.2) is 5.82 Å². The van der Waals surface area contributed by atoms with Gasteiger partial charge in [-0.1, -0.05) is 6.07 Å². The zero-order valence-corrected chi connectivity index (χ0v) is 15.1. The lowest BCUT2D eigenvalue weighted by atomic mass is 10.1. The fourth-order valence-electron chi connectivity index (χ4n) is 3.48. The molecule has 2 N–H and O–H groups in total. The number of anilines is 1. The summed E-state index contributed by atoms with van der Waals surface area (Å²) < 4.78 is 1.92. The first kappa shape index (κ1) is 17.2. The number of hydrogen-bond donors (Lipinski definition) is 2. The number of fused-ring (bicyclic) bond motifs is 1. The summed E-state index contributed by atoms with van der Waals surface area (Å²) >= 11 is 0. The molecule has 0 unspecified atom stereocenters. The number of aromatic nitrogens is 3. The van der Waals surface area contributed by atoms with E-state index in [1.54, 1.807) is 6.20 Å². The maximum atomic E-state index is 12.4. The maximum Gasteiger partial charge on any atom is 0.243 e. The Balaban J connectivity index is 1.70. The number of imidazole rings is 1. The first-order valence-corrected chi connectivity index (χ1v) is 9.11. The summed E-state index contributed by atoms with van der Waals surface area (Å²) in [6, 6.07) is 9.17. The predicted molar refractivity (Wildman–Crippen MR) is 103 cm³/mol. The number of nitrogens with zero attached hydrogens (tertiary/aromatic N) is 3. The number of rotatable bonds is 3. The quantitative estimate of drug-likeness (QED) is 0.749. The summed E-state index contributed by atoms with van der Waals surface area (Å²) in [5.74, 6) is 0.611. The van der Waals surface area contributed by atoms with Crippen molar-refractivity contribution in [3.63, 3.8) is 0 Å². The van der Waals surface area contributed by atoms with Gasteiger partial charge >= 0.3 is 0 Å². The van der Waals surface area contributed by atoms with Gasteiger partial charge in [-0.3, -0.25) is 9.59 Å². The normalized spacial score (nSPS) is 17.4. The van der Waals surface area contributed by atoms with Crippen LogP contribution in [-0.2, 0) is 9.59 Å². The van der Waals surface area contributed by atoms with Crippen molar-refractivity contribution in [3.8, 4) is 11.5 Å². The monoisotopic (exact) mass is 363 g/mol. The molecule has 4 rings (SSSR count). The van der Waals surface area contributed by atoms with Crippen LogP contribution in [0.5, 0.6) is 0 Å². The smallest absolute Gasteiger partial charge is 0.243 e. The van der Waals surface area contributed by atoms with Crippen LogP contribution >= 0.6 is 0 Å². The molecular weight excluding hydrogens is 342 g/mol. The molecule has 0 bridgehead atoms. The fourth-order valence-corrected chi connectivity index (χ4v) is 3.48. The number of pyridine rings is 1. The summed E-state index contributed by atoms with van der Waals surface area (Å²) in [6.07, 6.45) is 6.34. The largest absolute Gasteiger partial charge is 0.354 e. The summed E-state index contributed by atoms with van der Waals surface area (Å²) in [6.45, 7) is 2.21. The van der Waals surface area contributed by atoms with E-state index in [4.69, 9.17) is 4.98 Å². The Kier molecular flexibility index (Phi) is 4.58. The molecule has 7 heteroatoms. The highest BCUT2D eigenvalue weighted by Crippen LogP contribution is 2.27. The Morgan fingerprint density at radius 3 is 3.00 bits per heavy atom. The van der Waals surface area contributed by atoms with E-state index in [9.17, 15) is 9.59 Å². The second kappa shape index (κ2) is 7.19. The minimum absolute atomic E-state index is 0.0347. The molecule has 3 heterocycles. The van der Waals surface area contributed by atoms with Gasteiger partial charge in [0.2, 0.25) is 11.8 Å². The van der Waals surface area contributed by atoms with Gasteiger partial charge in [0.05, 0.1) is 5.52 Å². The summed E-state index contributed by atoms with van der Waals surface area (Å²) in [5, 5.41) is 6.67. The first-order chi connectivity index (χ1) is 13.1.